The van der Waals surface area contributed by atoms with Gasteiger partial charge in [-0.1, -0.05) is 42.5 Å². The van der Waals surface area contributed by atoms with Gasteiger partial charge in [0.05, 0.1) is 12.2 Å². The van der Waals surface area contributed by atoms with Crippen LogP contribution >= 0.6 is 11.8 Å². The van der Waals surface area contributed by atoms with Crippen molar-refractivity contribution in [1.82, 2.24) is 0 Å². The third kappa shape index (κ3) is 2.80. The van der Waals surface area contributed by atoms with E-state index in [1.54, 1.807) is 0 Å². The van der Waals surface area contributed by atoms with Crippen molar-refractivity contribution in [1.29, 1.82) is 0 Å². The van der Waals surface area contributed by atoms with Crippen LogP contribution in [-0.4, -0.2) is 5.60 Å². The maximum Gasteiger partial charge on any atom is 0.0727 e. The molecule has 0 spiro atoms. The lowest BCUT2D eigenvalue weighted by Crippen LogP contribution is -2.33. The molecule has 2 aliphatic heterocycles. The van der Waals surface area contributed by atoms with Crippen molar-refractivity contribution in [3.05, 3.63) is 70.3 Å². The lowest BCUT2D eigenvalue weighted by Gasteiger charge is -2.40. The summed E-state index contributed by atoms with van der Waals surface area (Å²) in [7, 11) is 0. The second kappa shape index (κ2) is 5.64. The number of thioether (sulfide) groups is 1. The number of hydrogen-bond donors (Lipinski definition) is 0. The fraction of sp³-hybridized carbons (Fsp3) is 0.455. The van der Waals surface area contributed by atoms with Gasteiger partial charge in [0.15, 0.2) is 0 Å². The number of hydrogen-bond acceptors (Lipinski definition) is 2. The van der Waals surface area contributed by atoms with E-state index in [0.717, 1.165) is 19.4 Å². The van der Waals surface area contributed by atoms with E-state index >= 15 is 0 Å². The van der Waals surface area contributed by atoms with Crippen molar-refractivity contribution in [3.8, 4) is 0 Å². The van der Waals surface area contributed by atoms with Crippen molar-refractivity contribution in [2.24, 2.45) is 0 Å². The third-order valence-electron chi connectivity index (χ3n) is 5.39. The summed E-state index contributed by atoms with van der Waals surface area (Å²) in [4.78, 5) is 0. The highest BCUT2D eigenvalue weighted by Crippen LogP contribution is 2.53. The van der Waals surface area contributed by atoms with Crippen LogP contribution in [0.15, 0.2) is 42.5 Å². The Labute approximate surface area is 149 Å². The van der Waals surface area contributed by atoms with Crippen molar-refractivity contribution >= 4 is 11.8 Å². The molecule has 0 aliphatic carbocycles. The van der Waals surface area contributed by atoms with Crippen LogP contribution in [0.1, 0.15) is 60.8 Å². The zero-order valence-electron chi connectivity index (χ0n) is 15.1. The van der Waals surface area contributed by atoms with E-state index in [0.29, 0.717) is 5.25 Å². The average Bonchev–Trinajstić information content (AvgIpc) is 2.53. The molecule has 24 heavy (non-hydrogen) atoms. The van der Waals surface area contributed by atoms with Crippen LogP contribution in [0.4, 0.5) is 0 Å². The maximum absolute atomic E-state index is 6.02. The average molecular weight is 339 g/mol. The summed E-state index contributed by atoms with van der Waals surface area (Å²) in [6, 6.07) is 15.8. The molecule has 126 valence electrons. The summed E-state index contributed by atoms with van der Waals surface area (Å²) >= 11 is 2.12. The van der Waals surface area contributed by atoms with Crippen LogP contribution < -0.4 is 0 Å². The molecule has 0 saturated carbocycles. The molecule has 1 nitrogen and oxygen atoms in total. The molecular formula is C22H26OS. The van der Waals surface area contributed by atoms with Gasteiger partial charge in [-0.15, -0.1) is 11.8 Å². The van der Waals surface area contributed by atoms with Gasteiger partial charge in [-0.25, -0.2) is 0 Å². The van der Waals surface area contributed by atoms with Gasteiger partial charge in [0.2, 0.25) is 0 Å². The Kier molecular flexibility index (Phi) is 3.81. The molecule has 0 saturated heterocycles. The number of ether oxygens (including phenoxy) is 1. The zero-order chi connectivity index (χ0) is 16.9. The summed E-state index contributed by atoms with van der Waals surface area (Å²) < 4.78 is 6.18. The number of rotatable bonds is 1. The molecule has 1 atom stereocenters. The summed E-state index contributed by atoms with van der Waals surface area (Å²) in [6.07, 6.45) is 2.14. The van der Waals surface area contributed by atoms with Gasteiger partial charge < -0.3 is 4.74 Å². The Morgan fingerprint density at radius 2 is 1.71 bits per heavy atom. The lowest BCUT2D eigenvalue weighted by molar-refractivity contribution is -0.0403. The topological polar surface area (TPSA) is 9.23 Å². The Morgan fingerprint density at radius 3 is 2.54 bits per heavy atom. The van der Waals surface area contributed by atoms with Gasteiger partial charge in [-0.2, -0.15) is 0 Å². The minimum atomic E-state index is -0.0597. The molecule has 0 fully saturated rings. The predicted octanol–water partition coefficient (Wildman–Crippen LogP) is 5.80. The molecule has 2 heterocycles. The van der Waals surface area contributed by atoms with Gasteiger partial charge in [0, 0.05) is 16.4 Å². The van der Waals surface area contributed by atoms with Gasteiger partial charge >= 0.3 is 0 Å². The highest BCUT2D eigenvalue weighted by atomic mass is 32.2. The molecular weight excluding hydrogens is 312 g/mol. The lowest BCUT2D eigenvalue weighted by atomic mass is 9.85. The fourth-order valence-electron chi connectivity index (χ4n) is 4.18. The van der Waals surface area contributed by atoms with Crippen LogP contribution in [0.2, 0.25) is 0 Å². The van der Waals surface area contributed by atoms with Gasteiger partial charge in [-0.05, 0) is 61.9 Å². The monoisotopic (exact) mass is 338 g/mol. The van der Waals surface area contributed by atoms with E-state index in [1.807, 2.05) is 0 Å². The second-order valence-corrected chi connectivity index (χ2v) is 10.0. The smallest absolute Gasteiger partial charge is 0.0727 e. The first-order valence-electron chi connectivity index (χ1n) is 8.87. The Balaban J connectivity index is 1.76. The fourth-order valence-corrected chi connectivity index (χ4v) is 5.82. The molecule has 1 unspecified atom stereocenters. The molecule has 2 aromatic rings. The first-order chi connectivity index (χ1) is 11.4. The predicted molar refractivity (Wildman–Crippen MR) is 103 cm³/mol. The minimum Gasteiger partial charge on any atom is -0.371 e. The minimum absolute atomic E-state index is 0.0597. The van der Waals surface area contributed by atoms with Crippen LogP contribution in [-0.2, 0) is 28.9 Å². The largest absolute Gasteiger partial charge is 0.371 e. The second-order valence-electron chi connectivity index (χ2n) is 8.19. The molecule has 0 radical (unpaired) electrons. The van der Waals surface area contributed by atoms with E-state index in [-0.39, 0.29) is 10.3 Å². The molecule has 0 aromatic heterocycles. The molecule has 0 N–H and O–H groups in total. The van der Waals surface area contributed by atoms with Crippen molar-refractivity contribution in [2.75, 3.05) is 0 Å². The summed E-state index contributed by atoms with van der Waals surface area (Å²) in [5, 5.41) is 0.527. The maximum atomic E-state index is 6.02. The van der Waals surface area contributed by atoms with E-state index in [4.69, 9.17) is 4.74 Å². The highest BCUT2D eigenvalue weighted by Gasteiger charge is 2.36. The SMILES string of the molecule is CC1(C)Cc2c(cccc2C2Cc3ccccc3C(C)(C)S2)CO1. The molecule has 0 bridgehead atoms. The number of benzene rings is 2. The third-order valence-corrected chi connectivity index (χ3v) is 6.90. The highest BCUT2D eigenvalue weighted by molar-refractivity contribution is 8.00. The first-order valence-corrected chi connectivity index (χ1v) is 9.74. The van der Waals surface area contributed by atoms with Crippen LogP contribution in [0.25, 0.3) is 0 Å². The van der Waals surface area contributed by atoms with E-state index in [2.05, 4.69) is 81.9 Å². The van der Waals surface area contributed by atoms with E-state index < -0.39 is 0 Å². The molecule has 2 aromatic carbocycles. The van der Waals surface area contributed by atoms with Gasteiger partial charge in [0.25, 0.3) is 0 Å². The van der Waals surface area contributed by atoms with Crippen molar-refractivity contribution in [2.45, 2.75) is 62.7 Å². The van der Waals surface area contributed by atoms with Crippen molar-refractivity contribution in [3.63, 3.8) is 0 Å². The van der Waals surface area contributed by atoms with Gasteiger partial charge in [0.1, 0.15) is 0 Å². The van der Waals surface area contributed by atoms with Gasteiger partial charge in [-0.3, -0.25) is 0 Å². The normalized spacial score (nSPS) is 24.1. The van der Waals surface area contributed by atoms with E-state index in [1.165, 1.54) is 27.8 Å². The summed E-state index contributed by atoms with van der Waals surface area (Å²) in [5.74, 6) is 0. The Bertz CT molecular complexity index is 775. The van der Waals surface area contributed by atoms with Crippen molar-refractivity contribution < 1.29 is 4.74 Å². The first kappa shape index (κ1) is 16.2. The Hall–Kier alpha value is -1.25. The number of fused-ring (bicyclic) bond motifs is 2. The molecule has 2 heteroatoms. The van der Waals surface area contributed by atoms with Crippen LogP contribution in [0, 0.1) is 0 Å². The van der Waals surface area contributed by atoms with Crippen LogP contribution in [0.5, 0.6) is 0 Å². The molecule has 4 rings (SSSR count). The van der Waals surface area contributed by atoms with E-state index in [9.17, 15) is 0 Å². The standard InChI is InChI=1S/C22H26OS/c1-21(2)13-18-16(14-23-21)9-7-10-17(18)20-12-15-8-5-6-11-19(15)22(3,4)24-20/h5-11,20H,12-14H2,1-4H3. The quantitative estimate of drug-likeness (QED) is 0.649. The van der Waals surface area contributed by atoms with Crippen LogP contribution in [0.3, 0.4) is 0 Å². The molecule has 2 aliphatic rings. The summed E-state index contributed by atoms with van der Waals surface area (Å²) in [6.45, 7) is 9.89. The Morgan fingerprint density at radius 1 is 0.958 bits per heavy atom. The summed E-state index contributed by atoms with van der Waals surface area (Å²) in [5.41, 5.74) is 7.38. The molecule has 0 amide bonds. The zero-order valence-corrected chi connectivity index (χ0v) is 15.9.